The quantitative estimate of drug-likeness (QED) is 0.571. The van der Waals surface area contributed by atoms with Crippen molar-refractivity contribution < 1.29 is 25.2 Å². The molecule has 5 unspecified atom stereocenters. The maximum absolute atomic E-state index is 11.5. The number of fused-ring (bicyclic) bond motifs is 5. The van der Waals surface area contributed by atoms with E-state index in [0.29, 0.717) is 30.1 Å². The second-order valence-corrected chi connectivity index (χ2v) is 11.4. The van der Waals surface area contributed by atoms with Gasteiger partial charge in [-0.3, -0.25) is 4.79 Å². The van der Waals surface area contributed by atoms with Crippen molar-refractivity contribution >= 4 is 5.97 Å². The Kier molecular flexibility index (Phi) is 5.57. The van der Waals surface area contributed by atoms with E-state index >= 15 is 0 Å². The molecule has 0 radical (unpaired) electrons. The highest BCUT2D eigenvalue weighted by molar-refractivity contribution is 5.66. The van der Waals surface area contributed by atoms with E-state index in [9.17, 15) is 20.1 Å². The summed E-state index contributed by atoms with van der Waals surface area (Å²) in [5.41, 5.74) is -0.143. The Morgan fingerprint density at radius 1 is 1.03 bits per heavy atom. The molecule has 0 aromatic heterocycles. The van der Waals surface area contributed by atoms with E-state index in [2.05, 4.69) is 20.8 Å². The van der Waals surface area contributed by atoms with E-state index < -0.39 is 12.1 Å². The maximum Gasteiger partial charge on any atom is 0.303 e. The zero-order valence-corrected chi connectivity index (χ0v) is 18.3. The number of carboxylic acid groups (broad SMARTS) is 1. The van der Waals surface area contributed by atoms with Crippen LogP contribution in [0.2, 0.25) is 0 Å². The van der Waals surface area contributed by atoms with Gasteiger partial charge < -0.3 is 20.4 Å². The normalized spacial score (nSPS) is 52.9. The van der Waals surface area contributed by atoms with Gasteiger partial charge in [-0.15, -0.1) is 0 Å². The molecule has 4 fully saturated rings. The average molecular weight is 409 g/mol. The highest BCUT2D eigenvalue weighted by Crippen LogP contribution is 2.68. The first-order chi connectivity index (χ1) is 13.6. The fourth-order valence-electron chi connectivity index (χ4n) is 8.68. The number of aliphatic carboxylic acids is 1. The van der Waals surface area contributed by atoms with E-state index in [4.69, 9.17) is 5.11 Å². The van der Waals surface area contributed by atoms with Gasteiger partial charge in [-0.25, -0.2) is 0 Å². The van der Waals surface area contributed by atoms with Crippen LogP contribution in [0, 0.1) is 46.3 Å². The molecule has 0 bridgehead atoms. The number of carbonyl (C=O) groups is 1. The van der Waals surface area contributed by atoms with Gasteiger partial charge in [0, 0.05) is 6.42 Å². The number of aliphatic hydroxyl groups excluding tert-OH is 3. The van der Waals surface area contributed by atoms with Gasteiger partial charge in [0.15, 0.2) is 0 Å². The first-order valence-electron chi connectivity index (χ1n) is 11.8. The van der Waals surface area contributed by atoms with Gasteiger partial charge in [0.25, 0.3) is 0 Å². The van der Waals surface area contributed by atoms with Crippen LogP contribution in [-0.4, -0.2) is 44.7 Å². The molecule has 5 heteroatoms. The molecule has 4 aliphatic rings. The van der Waals surface area contributed by atoms with Crippen LogP contribution < -0.4 is 0 Å². The first kappa shape index (κ1) is 21.6. The Bertz CT molecular complexity index is 637. The number of carboxylic acids is 1. The van der Waals surface area contributed by atoms with Gasteiger partial charge in [0.05, 0.1) is 18.3 Å². The zero-order chi connectivity index (χ0) is 21.1. The zero-order valence-electron chi connectivity index (χ0n) is 18.3. The van der Waals surface area contributed by atoms with Crippen molar-refractivity contribution in [3.05, 3.63) is 0 Å². The van der Waals surface area contributed by atoms with E-state index in [-0.39, 0.29) is 41.3 Å². The highest BCUT2D eigenvalue weighted by Gasteiger charge is 2.65. The molecule has 0 amide bonds. The summed E-state index contributed by atoms with van der Waals surface area (Å²) in [6.45, 7) is 6.72. The van der Waals surface area contributed by atoms with E-state index in [1.807, 2.05) is 0 Å². The van der Waals surface area contributed by atoms with Crippen molar-refractivity contribution in [3.63, 3.8) is 0 Å². The Hall–Kier alpha value is -0.650. The SMILES string of the molecule is C[C@H](CCC(=O)O)[C@H]1CCC2C3C(O)CC4C[C@@H](O)CC[C@]4(C)C3C[C@H](O)[C@@]21C. The largest absolute Gasteiger partial charge is 0.481 e. The second kappa shape index (κ2) is 7.49. The summed E-state index contributed by atoms with van der Waals surface area (Å²) in [7, 11) is 0. The summed E-state index contributed by atoms with van der Waals surface area (Å²) in [6.07, 6.45) is 6.00. The molecule has 5 nitrogen and oxygen atoms in total. The third-order valence-corrected chi connectivity index (χ3v) is 10.3. The number of hydrogen-bond acceptors (Lipinski definition) is 4. The van der Waals surface area contributed by atoms with Gasteiger partial charge in [-0.05, 0) is 97.7 Å². The maximum atomic E-state index is 11.5. The molecule has 0 aromatic rings. The van der Waals surface area contributed by atoms with Crippen molar-refractivity contribution in [1.82, 2.24) is 0 Å². The predicted octanol–water partition coefficient (Wildman–Crippen LogP) is 3.45. The van der Waals surface area contributed by atoms with Crippen LogP contribution in [0.25, 0.3) is 0 Å². The van der Waals surface area contributed by atoms with Crippen LogP contribution in [-0.2, 0) is 4.79 Å². The lowest BCUT2D eigenvalue weighted by molar-refractivity contribution is -0.207. The molecule has 0 aliphatic heterocycles. The first-order valence-corrected chi connectivity index (χ1v) is 11.8. The lowest BCUT2D eigenvalue weighted by atomic mass is 9.43. The Balaban J connectivity index is 1.61. The van der Waals surface area contributed by atoms with Crippen molar-refractivity contribution in [2.24, 2.45) is 46.3 Å². The van der Waals surface area contributed by atoms with Crippen LogP contribution in [0.5, 0.6) is 0 Å². The Morgan fingerprint density at radius 2 is 1.76 bits per heavy atom. The van der Waals surface area contributed by atoms with Crippen LogP contribution in [0.15, 0.2) is 0 Å². The minimum atomic E-state index is -0.748. The molecule has 4 saturated carbocycles. The molecule has 0 saturated heterocycles. The molecule has 11 atom stereocenters. The topological polar surface area (TPSA) is 98.0 Å². The highest BCUT2D eigenvalue weighted by atomic mass is 16.4. The second-order valence-electron chi connectivity index (χ2n) is 11.4. The van der Waals surface area contributed by atoms with Gasteiger partial charge >= 0.3 is 5.97 Å². The molecule has 29 heavy (non-hydrogen) atoms. The summed E-state index contributed by atoms with van der Waals surface area (Å²) >= 11 is 0. The number of rotatable bonds is 4. The monoisotopic (exact) mass is 408 g/mol. The lowest BCUT2D eigenvalue weighted by Crippen LogP contribution is -2.62. The van der Waals surface area contributed by atoms with Crippen molar-refractivity contribution in [2.75, 3.05) is 0 Å². The lowest BCUT2D eigenvalue weighted by Gasteiger charge is -2.63. The van der Waals surface area contributed by atoms with E-state index in [0.717, 1.165) is 44.9 Å². The molecule has 0 spiro atoms. The molecule has 4 N–H and O–H groups in total. The number of aliphatic hydroxyl groups is 3. The molecular formula is C24H40O5. The minimum absolute atomic E-state index is 0.0957. The Morgan fingerprint density at radius 3 is 2.45 bits per heavy atom. The van der Waals surface area contributed by atoms with Gasteiger partial charge in [-0.1, -0.05) is 20.8 Å². The van der Waals surface area contributed by atoms with Crippen LogP contribution in [0.1, 0.15) is 78.6 Å². The Labute approximate surface area is 174 Å². The molecule has 4 aliphatic carbocycles. The van der Waals surface area contributed by atoms with Crippen LogP contribution in [0.3, 0.4) is 0 Å². The summed E-state index contributed by atoms with van der Waals surface area (Å²) in [5, 5.41) is 42.0. The van der Waals surface area contributed by atoms with Crippen LogP contribution >= 0.6 is 0 Å². The third kappa shape index (κ3) is 3.27. The molecule has 0 heterocycles. The van der Waals surface area contributed by atoms with Crippen molar-refractivity contribution in [1.29, 1.82) is 0 Å². The molecule has 4 rings (SSSR count). The van der Waals surface area contributed by atoms with Crippen molar-refractivity contribution in [3.8, 4) is 0 Å². The summed E-state index contributed by atoms with van der Waals surface area (Å²) in [4.78, 5) is 11.1. The standard InChI is InChI=1S/C24H40O5/c1-13(4-7-21(28)29)16-5-6-17-22-18(12-20(27)24(16,17)3)23(2)9-8-15(25)10-14(23)11-19(22)26/h13-20,22,25-27H,4-12H2,1-3H3,(H,28,29)/t13-,14?,15+,16-,17?,18?,19?,20+,22?,23+,24-/m1/s1. The predicted molar refractivity (Wildman–Crippen MR) is 110 cm³/mol. The van der Waals surface area contributed by atoms with Gasteiger partial charge in [0.1, 0.15) is 0 Å². The molecule has 0 aromatic carbocycles. The summed E-state index contributed by atoms with van der Waals surface area (Å²) in [6, 6.07) is 0. The van der Waals surface area contributed by atoms with Gasteiger partial charge in [0.2, 0.25) is 0 Å². The fourth-order valence-corrected chi connectivity index (χ4v) is 8.68. The fraction of sp³-hybridized carbons (Fsp3) is 0.958. The summed E-state index contributed by atoms with van der Waals surface area (Å²) < 4.78 is 0. The molecular weight excluding hydrogens is 368 g/mol. The van der Waals surface area contributed by atoms with E-state index in [1.54, 1.807) is 0 Å². The van der Waals surface area contributed by atoms with Crippen molar-refractivity contribution in [2.45, 2.75) is 96.9 Å². The smallest absolute Gasteiger partial charge is 0.303 e. The summed E-state index contributed by atoms with van der Waals surface area (Å²) in [5.74, 6) is 0.997. The number of hydrogen-bond donors (Lipinski definition) is 4. The molecule has 166 valence electrons. The van der Waals surface area contributed by atoms with Gasteiger partial charge in [-0.2, -0.15) is 0 Å². The average Bonchev–Trinajstić information content (AvgIpc) is 3.01. The minimum Gasteiger partial charge on any atom is -0.481 e. The van der Waals surface area contributed by atoms with Crippen LogP contribution in [0.4, 0.5) is 0 Å². The third-order valence-electron chi connectivity index (χ3n) is 10.3. The van der Waals surface area contributed by atoms with E-state index in [1.165, 1.54) is 0 Å².